The van der Waals surface area contributed by atoms with E-state index in [1.54, 1.807) is 13.0 Å². The van der Waals surface area contributed by atoms with Gasteiger partial charge in [0.05, 0.1) is 12.5 Å². The molecule has 17 heavy (non-hydrogen) atoms. The van der Waals surface area contributed by atoms with Crippen LogP contribution in [-0.2, 0) is 4.79 Å². The Morgan fingerprint density at radius 2 is 2.24 bits per heavy atom. The minimum atomic E-state index is -0.885. The highest BCUT2D eigenvalue weighted by Crippen LogP contribution is 2.15. The number of aliphatic hydroxyl groups is 1. The first kappa shape index (κ1) is 13.6. The molecule has 0 saturated heterocycles. The Balaban J connectivity index is 2.44. The van der Waals surface area contributed by atoms with Gasteiger partial charge in [0.1, 0.15) is 5.82 Å². The minimum Gasteiger partial charge on any atom is -0.481 e. The van der Waals surface area contributed by atoms with Gasteiger partial charge in [0.2, 0.25) is 0 Å². The van der Waals surface area contributed by atoms with E-state index in [4.69, 9.17) is 5.11 Å². The van der Waals surface area contributed by atoms with E-state index in [9.17, 15) is 14.3 Å². The van der Waals surface area contributed by atoms with Gasteiger partial charge in [0.25, 0.3) is 0 Å². The van der Waals surface area contributed by atoms with Crippen LogP contribution in [0.4, 0.5) is 4.39 Å². The van der Waals surface area contributed by atoms with Crippen molar-refractivity contribution >= 4 is 5.97 Å². The summed E-state index contributed by atoms with van der Waals surface area (Å²) in [7, 11) is 0. The van der Waals surface area contributed by atoms with E-state index >= 15 is 0 Å². The van der Waals surface area contributed by atoms with Crippen LogP contribution in [0, 0.1) is 12.7 Å². The molecule has 1 aromatic carbocycles. The second kappa shape index (κ2) is 6.32. The number of hydrogen-bond donors (Lipinski definition) is 3. The molecule has 1 rings (SSSR count). The van der Waals surface area contributed by atoms with Crippen LogP contribution < -0.4 is 5.32 Å². The van der Waals surface area contributed by atoms with Gasteiger partial charge >= 0.3 is 5.97 Å². The molecule has 0 aliphatic rings. The summed E-state index contributed by atoms with van der Waals surface area (Å²) in [5, 5.41) is 21.0. The summed E-state index contributed by atoms with van der Waals surface area (Å²) in [4.78, 5) is 10.3. The van der Waals surface area contributed by atoms with Crippen LogP contribution in [0.1, 0.15) is 23.7 Å². The van der Waals surface area contributed by atoms with Crippen LogP contribution >= 0.6 is 0 Å². The summed E-state index contributed by atoms with van der Waals surface area (Å²) >= 11 is 0. The van der Waals surface area contributed by atoms with Crippen molar-refractivity contribution < 1.29 is 19.4 Å². The Morgan fingerprint density at radius 3 is 2.82 bits per heavy atom. The van der Waals surface area contributed by atoms with Gasteiger partial charge < -0.3 is 15.5 Å². The number of aryl methyl sites for hydroxylation is 1. The highest BCUT2D eigenvalue weighted by Gasteiger charge is 2.09. The zero-order valence-corrected chi connectivity index (χ0v) is 9.61. The molecule has 5 heteroatoms. The predicted molar refractivity (Wildman–Crippen MR) is 61.2 cm³/mol. The second-order valence-corrected chi connectivity index (χ2v) is 3.87. The number of carbonyl (C=O) groups is 1. The van der Waals surface area contributed by atoms with Crippen molar-refractivity contribution in [3.63, 3.8) is 0 Å². The lowest BCUT2D eigenvalue weighted by Gasteiger charge is -2.12. The lowest BCUT2D eigenvalue weighted by atomic mass is 10.1. The Labute approximate surface area is 99.1 Å². The summed E-state index contributed by atoms with van der Waals surface area (Å²) < 4.78 is 13.0. The molecular formula is C12H16FNO3. The van der Waals surface area contributed by atoms with E-state index in [0.717, 1.165) is 0 Å². The maximum Gasteiger partial charge on any atom is 0.304 e. The van der Waals surface area contributed by atoms with Crippen LogP contribution in [0.3, 0.4) is 0 Å². The van der Waals surface area contributed by atoms with Crippen LogP contribution in [-0.4, -0.2) is 29.3 Å². The zero-order chi connectivity index (χ0) is 12.8. The quantitative estimate of drug-likeness (QED) is 0.655. The molecule has 0 spiro atoms. The van der Waals surface area contributed by atoms with Gasteiger partial charge in [0.15, 0.2) is 0 Å². The number of rotatable bonds is 6. The van der Waals surface area contributed by atoms with Gasteiger partial charge in [0, 0.05) is 13.1 Å². The number of halogens is 1. The second-order valence-electron chi connectivity index (χ2n) is 3.87. The average molecular weight is 241 g/mol. The Bertz CT molecular complexity index is 395. The molecular weight excluding hydrogens is 225 g/mol. The molecule has 1 aromatic rings. The van der Waals surface area contributed by atoms with Crippen molar-refractivity contribution in [1.29, 1.82) is 0 Å². The topological polar surface area (TPSA) is 69.6 Å². The molecule has 0 amide bonds. The molecule has 0 bridgehead atoms. The third kappa shape index (κ3) is 4.50. The molecule has 4 nitrogen and oxygen atoms in total. The summed E-state index contributed by atoms with van der Waals surface area (Å²) in [6, 6.07) is 4.41. The monoisotopic (exact) mass is 241 g/mol. The summed E-state index contributed by atoms with van der Waals surface area (Å²) in [6.45, 7) is 2.17. The Morgan fingerprint density at radius 1 is 1.53 bits per heavy atom. The number of nitrogens with one attached hydrogen (secondary N) is 1. The van der Waals surface area contributed by atoms with Gasteiger partial charge in [-0.25, -0.2) is 4.39 Å². The molecule has 0 saturated carbocycles. The molecule has 0 aliphatic carbocycles. The van der Waals surface area contributed by atoms with E-state index < -0.39 is 12.1 Å². The lowest BCUT2D eigenvalue weighted by Crippen LogP contribution is -2.24. The number of carboxylic acid groups (broad SMARTS) is 1. The molecule has 94 valence electrons. The van der Waals surface area contributed by atoms with E-state index in [2.05, 4.69) is 5.32 Å². The van der Waals surface area contributed by atoms with E-state index in [-0.39, 0.29) is 18.8 Å². The van der Waals surface area contributed by atoms with Crippen LogP contribution in [0.15, 0.2) is 18.2 Å². The first-order valence-electron chi connectivity index (χ1n) is 5.37. The normalized spacial score (nSPS) is 12.4. The highest BCUT2D eigenvalue weighted by atomic mass is 19.1. The zero-order valence-electron chi connectivity index (χ0n) is 9.61. The average Bonchev–Trinajstić information content (AvgIpc) is 2.27. The third-order valence-electron chi connectivity index (χ3n) is 2.42. The number of benzene rings is 1. The molecule has 0 heterocycles. The molecule has 0 fully saturated rings. The van der Waals surface area contributed by atoms with Crippen molar-refractivity contribution in [3.8, 4) is 0 Å². The smallest absolute Gasteiger partial charge is 0.304 e. The number of aliphatic hydroxyl groups excluding tert-OH is 1. The fraction of sp³-hybridized carbons (Fsp3) is 0.417. The first-order valence-corrected chi connectivity index (χ1v) is 5.37. The fourth-order valence-electron chi connectivity index (χ4n) is 1.43. The molecule has 3 N–H and O–H groups in total. The van der Waals surface area contributed by atoms with Crippen molar-refractivity contribution in [3.05, 3.63) is 35.1 Å². The Kier molecular flexibility index (Phi) is 5.06. The molecule has 1 atom stereocenters. The van der Waals surface area contributed by atoms with E-state index in [1.807, 2.05) is 0 Å². The number of hydrogen-bond acceptors (Lipinski definition) is 3. The fourth-order valence-corrected chi connectivity index (χ4v) is 1.43. The maximum absolute atomic E-state index is 13.0. The lowest BCUT2D eigenvalue weighted by molar-refractivity contribution is -0.136. The van der Waals surface area contributed by atoms with Gasteiger partial charge in [-0.3, -0.25) is 4.79 Å². The van der Waals surface area contributed by atoms with Gasteiger partial charge in [-0.15, -0.1) is 0 Å². The maximum atomic E-state index is 13.0. The number of aliphatic carboxylic acids is 1. The van der Waals surface area contributed by atoms with Crippen molar-refractivity contribution in [1.82, 2.24) is 5.32 Å². The number of carboxylic acids is 1. The molecule has 0 aromatic heterocycles. The standard InChI is InChI=1S/C12H16FNO3/c1-8-6-9(2-3-10(8)13)11(15)7-14-5-4-12(16)17/h2-3,6,11,14-15H,4-5,7H2,1H3,(H,16,17). The third-order valence-corrected chi connectivity index (χ3v) is 2.42. The van der Waals surface area contributed by atoms with E-state index in [0.29, 0.717) is 17.7 Å². The first-order chi connectivity index (χ1) is 8.00. The van der Waals surface area contributed by atoms with Crippen molar-refractivity contribution in [2.24, 2.45) is 0 Å². The SMILES string of the molecule is Cc1cc(C(O)CNCCC(=O)O)ccc1F. The summed E-state index contributed by atoms with van der Waals surface area (Å²) in [5.41, 5.74) is 1.10. The predicted octanol–water partition coefficient (Wildman–Crippen LogP) is 1.23. The van der Waals surface area contributed by atoms with Crippen molar-refractivity contribution in [2.45, 2.75) is 19.4 Å². The molecule has 1 unspecified atom stereocenters. The minimum absolute atomic E-state index is 0.00909. The van der Waals surface area contributed by atoms with Gasteiger partial charge in [-0.1, -0.05) is 12.1 Å². The van der Waals surface area contributed by atoms with Crippen LogP contribution in [0.25, 0.3) is 0 Å². The highest BCUT2D eigenvalue weighted by molar-refractivity contribution is 5.66. The van der Waals surface area contributed by atoms with E-state index in [1.165, 1.54) is 12.1 Å². The van der Waals surface area contributed by atoms with Gasteiger partial charge in [-0.05, 0) is 24.1 Å². The molecule has 0 aliphatic heterocycles. The largest absolute Gasteiger partial charge is 0.481 e. The summed E-state index contributed by atoms with van der Waals surface area (Å²) in [6.07, 6.45) is -0.752. The van der Waals surface area contributed by atoms with Gasteiger partial charge in [-0.2, -0.15) is 0 Å². The van der Waals surface area contributed by atoms with Crippen molar-refractivity contribution in [2.75, 3.05) is 13.1 Å². The van der Waals surface area contributed by atoms with Crippen LogP contribution in [0.2, 0.25) is 0 Å². The Hall–Kier alpha value is -1.46. The van der Waals surface area contributed by atoms with Crippen LogP contribution in [0.5, 0.6) is 0 Å². The molecule has 0 radical (unpaired) electrons. The summed E-state index contributed by atoms with van der Waals surface area (Å²) in [5.74, 6) is -1.19.